The molecule has 3 aromatic carbocycles. The van der Waals surface area contributed by atoms with Crippen LogP contribution in [-0.4, -0.2) is 26.2 Å². The van der Waals surface area contributed by atoms with E-state index in [1.54, 1.807) is 48.5 Å². The number of benzene rings is 3. The second-order valence-corrected chi connectivity index (χ2v) is 7.16. The van der Waals surface area contributed by atoms with Crippen molar-refractivity contribution < 1.29 is 14.8 Å². The number of aromatic nitrogens is 1. The number of nitro benzene ring substituents is 1. The molecule has 0 saturated heterocycles. The van der Waals surface area contributed by atoms with Gasteiger partial charge in [0.05, 0.1) is 16.2 Å². The van der Waals surface area contributed by atoms with Gasteiger partial charge in [0.25, 0.3) is 17.2 Å². The number of hydrazone groups is 1. The van der Waals surface area contributed by atoms with Crippen LogP contribution >= 0.6 is 0 Å². The summed E-state index contributed by atoms with van der Waals surface area (Å²) in [5, 5.41) is 26.1. The van der Waals surface area contributed by atoms with Gasteiger partial charge in [0.1, 0.15) is 11.3 Å². The van der Waals surface area contributed by atoms with Gasteiger partial charge in [-0.3, -0.25) is 24.3 Å². The third-order valence-corrected chi connectivity index (χ3v) is 5.10. The Morgan fingerprint density at radius 2 is 1.64 bits per heavy atom. The summed E-state index contributed by atoms with van der Waals surface area (Å²) in [6.07, 6.45) is 0. The van der Waals surface area contributed by atoms with Crippen LogP contribution in [0.4, 0.5) is 5.69 Å². The number of non-ortho nitro benzene ring substituents is 1. The maximum atomic E-state index is 13.4. The van der Waals surface area contributed by atoms with E-state index in [0.29, 0.717) is 16.6 Å². The Bertz CT molecular complexity index is 1460. The van der Waals surface area contributed by atoms with Gasteiger partial charge in [-0.2, -0.15) is 5.10 Å². The molecule has 33 heavy (non-hydrogen) atoms. The number of nitro groups is 1. The van der Waals surface area contributed by atoms with E-state index in [1.165, 1.54) is 35.8 Å². The minimum absolute atomic E-state index is 0.0541. The summed E-state index contributed by atoms with van der Waals surface area (Å²) in [7, 11) is 0. The van der Waals surface area contributed by atoms with Crippen molar-refractivity contribution in [1.82, 2.24) is 9.99 Å². The second kappa shape index (κ2) is 8.75. The third-order valence-electron chi connectivity index (χ3n) is 5.10. The molecule has 4 rings (SSSR count). The Morgan fingerprint density at radius 3 is 2.30 bits per heavy atom. The van der Waals surface area contributed by atoms with Crippen LogP contribution in [0.3, 0.4) is 0 Å². The lowest BCUT2D eigenvalue weighted by Gasteiger charge is -2.15. The summed E-state index contributed by atoms with van der Waals surface area (Å²) in [6.45, 7) is 1.50. The van der Waals surface area contributed by atoms with Gasteiger partial charge in [0.15, 0.2) is 0 Å². The smallest absolute Gasteiger partial charge is 0.271 e. The molecule has 0 atom stereocenters. The average Bonchev–Trinajstić information content (AvgIpc) is 2.83. The van der Waals surface area contributed by atoms with Crippen molar-refractivity contribution in [3.05, 3.63) is 110 Å². The molecule has 0 aliphatic heterocycles. The predicted molar refractivity (Wildman–Crippen MR) is 124 cm³/mol. The number of carbonyl (C=O) groups is 1. The molecule has 9 heteroatoms. The number of hydrogen-bond donors (Lipinski definition) is 2. The van der Waals surface area contributed by atoms with Crippen LogP contribution in [-0.2, 0) is 0 Å². The minimum Gasteiger partial charge on any atom is -0.506 e. The van der Waals surface area contributed by atoms with E-state index in [1.807, 2.05) is 6.07 Å². The number of nitrogens with one attached hydrogen (secondary N) is 1. The number of para-hydroxylation sites is 2. The fraction of sp³-hybridized carbons (Fsp3) is 0.0417. The lowest BCUT2D eigenvalue weighted by molar-refractivity contribution is -0.384. The molecule has 0 unspecified atom stereocenters. The summed E-state index contributed by atoms with van der Waals surface area (Å²) in [4.78, 5) is 36.0. The molecule has 0 saturated carbocycles. The van der Waals surface area contributed by atoms with Gasteiger partial charge in [0.2, 0.25) is 0 Å². The van der Waals surface area contributed by atoms with Crippen molar-refractivity contribution in [2.75, 3.05) is 0 Å². The molecular formula is C24H18N4O5. The lowest BCUT2D eigenvalue weighted by atomic mass is 10.1. The lowest BCUT2D eigenvalue weighted by Crippen LogP contribution is -2.27. The van der Waals surface area contributed by atoms with Gasteiger partial charge in [-0.25, -0.2) is 5.43 Å². The van der Waals surface area contributed by atoms with E-state index in [-0.39, 0.29) is 28.3 Å². The summed E-state index contributed by atoms with van der Waals surface area (Å²) in [6, 6.07) is 20.9. The van der Waals surface area contributed by atoms with Gasteiger partial charge >= 0.3 is 0 Å². The first-order chi connectivity index (χ1) is 15.9. The van der Waals surface area contributed by atoms with Crippen LogP contribution in [0, 0.1) is 10.1 Å². The van der Waals surface area contributed by atoms with Crippen LogP contribution in [0.25, 0.3) is 16.6 Å². The zero-order valence-corrected chi connectivity index (χ0v) is 17.4. The number of fused-ring (bicyclic) bond motifs is 1. The molecule has 164 valence electrons. The van der Waals surface area contributed by atoms with Gasteiger partial charge < -0.3 is 5.11 Å². The number of aromatic hydroxyl groups is 1. The van der Waals surface area contributed by atoms with E-state index in [2.05, 4.69) is 10.5 Å². The van der Waals surface area contributed by atoms with Gasteiger partial charge in [0, 0.05) is 28.8 Å². The molecule has 1 aromatic heterocycles. The number of amides is 1. The van der Waals surface area contributed by atoms with Gasteiger partial charge in [-0.05, 0) is 43.3 Å². The minimum atomic E-state index is -0.618. The highest BCUT2D eigenvalue weighted by molar-refractivity contribution is 6.06. The zero-order chi connectivity index (χ0) is 23.5. The normalized spacial score (nSPS) is 11.4. The fourth-order valence-corrected chi connectivity index (χ4v) is 3.48. The maximum Gasteiger partial charge on any atom is 0.271 e. The molecule has 0 spiro atoms. The summed E-state index contributed by atoms with van der Waals surface area (Å²) in [5.74, 6) is -0.860. The monoisotopic (exact) mass is 442 g/mol. The van der Waals surface area contributed by atoms with Crippen LogP contribution in [0.2, 0.25) is 0 Å². The quantitative estimate of drug-likeness (QED) is 0.276. The van der Waals surface area contributed by atoms with Crippen LogP contribution in [0.5, 0.6) is 5.75 Å². The van der Waals surface area contributed by atoms with Crippen molar-refractivity contribution in [1.29, 1.82) is 0 Å². The number of hydrogen-bond acceptors (Lipinski definition) is 6. The standard InChI is InChI=1S/C24H18N4O5/c1-15(25-26-23(30)16-11-13-18(14-12-16)28(32)33)21-22(29)19-9-5-6-10-20(19)27(24(21)31)17-7-3-2-4-8-17/h2-14,29H,1H3,(H,26,30)/b25-15-. The Balaban J connectivity index is 1.76. The summed E-state index contributed by atoms with van der Waals surface area (Å²) >= 11 is 0. The zero-order valence-electron chi connectivity index (χ0n) is 17.4. The molecule has 1 amide bonds. The Kier molecular flexibility index (Phi) is 5.69. The molecule has 0 aliphatic rings. The van der Waals surface area contributed by atoms with E-state index < -0.39 is 16.4 Å². The van der Waals surface area contributed by atoms with Crippen molar-refractivity contribution in [3.8, 4) is 11.4 Å². The van der Waals surface area contributed by atoms with Crippen LogP contribution in [0.15, 0.2) is 88.8 Å². The molecule has 9 nitrogen and oxygen atoms in total. The molecule has 1 heterocycles. The SMILES string of the molecule is C/C(=N/NC(=O)c1ccc([N+](=O)[O-])cc1)c1c(O)c2ccccc2n(-c2ccccc2)c1=O. The summed E-state index contributed by atoms with van der Waals surface area (Å²) < 4.78 is 1.47. The second-order valence-electron chi connectivity index (χ2n) is 7.16. The highest BCUT2D eigenvalue weighted by atomic mass is 16.6. The van der Waals surface area contributed by atoms with Crippen molar-refractivity contribution >= 4 is 28.2 Å². The molecule has 2 N–H and O–H groups in total. The molecular weight excluding hydrogens is 424 g/mol. The largest absolute Gasteiger partial charge is 0.506 e. The Morgan fingerprint density at radius 1 is 1.00 bits per heavy atom. The predicted octanol–water partition coefficient (Wildman–Crippen LogP) is 3.76. The first-order valence-electron chi connectivity index (χ1n) is 9.90. The van der Waals surface area contributed by atoms with E-state index in [0.717, 1.165) is 0 Å². The van der Waals surface area contributed by atoms with Crippen LogP contribution < -0.4 is 11.0 Å². The van der Waals surface area contributed by atoms with E-state index >= 15 is 0 Å². The van der Waals surface area contributed by atoms with E-state index in [9.17, 15) is 24.8 Å². The third kappa shape index (κ3) is 4.07. The highest BCUT2D eigenvalue weighted by Crippen LogP contribution is 2.28. The topological polar surface area (TPSA) is 127 Å². The molecule has 4 aromatic rings. The number of nitrogens with zero attached hydrogens (tertiary/aromatic N) is 3. The first kappa shape index (κ1) is 21.4. The number of rotatable bonds is 5. The number of carbonyl (C=O) groups excluding carboxylic acids is 1. The van der Waals surface area contributed by atoms with E-state index in [4.69, 9.17) is 0 Å². The summed E-state index contributed by atoms with van der Waals surface area (Å²) in [5.41, 5.74) is 3.03. The molecule has 0 bridgehead atoms. The molecule has 0 aliphatic carbocycles. The van der Waals surface area contributed by atoms with Crippen molar-refractivity contribution in [2.24, 2.45) is 5.10 Å². The van der Waals surface area contributed by atoms with Crippen molar-refractivity contribution in [2.45, 2.75) is 6.92 Å². The Hall–Kier alpha value is -4.79. The number of pyridine rings is 1. The van der Waals surface area contributed by atoms with Crippen molar-refractivity contribution in [3.63, 3.8) is 0 Å². The van der Waals surface area contributed by atoms with Gasteiger partial charge in [-0.15, -0.1) is 0 Å². The molecule has 0 fully saturated rings. The Labute approximate surface area is 187 Å². The molecule has 0 radical (unpaired) electrons. The fourth-order valence-electron chi connectivity index (χ4n) is 3.48. The van der Waals surface area contributed by atoms with Crippen LogP contribution in [0.1, 0.15) is 22.8 Å². The highest BCUT2D eigenvalue weighted by Gasteiger charge is 2.19. The average molecular weight is 442 g/mol. The van der Waals surface area contributed by atoms with Gasteiger partial charge in [-0.1, -0.05) is 30.3 Å². The first-order valence-corrected chi connectivity index (χ1v) is 9.90. The maximum absolute atomic E-state index is 13.4.